The number of pyridine rings is 1. The summed E-state index contributed by atoms with van der Waals surface area (Å²) < 4.78 is 11.2. The van der Waals surface area contributed by atoms with E-state index in [4.69, 9.17) is 14.5 Å². The Morgan fingerprint density at radius 3 is 3.17 bits per heavy atom. The predicted molar refractivity (Wildman–Crippen MR) is 86.4 cm³/mol. The molecular weight excluding hydrogens is 290 g/mol. The number of ether oxygens (including phenoxy) is 2. The fourth-order valence-corrected chi connectivity index (χ4v) is 4.43. The number of hydrogen-bond acceptors (Lipinski definition) is 5. The van der Waals surface area contributed by atoms with Crippen LogP contribution < -0.4 is 4.90 Å². The fraction of sp³-hybridized carbons (Fsp3) is 0.667. The number of nitrogens with zero attached hydrogens (tertiary/aromatic N) is 3. The lowest BCUT2D eigenvalue weighted by molar-refractivity contribution is 0.0660. The molecule has 2 aliphatic heterocycles. The van der Waals surface area contributed by atoms with Crippen molar-refractivity contribution in [2.45, 2.75) is 25.7 Å². The summed E-state index contributed by atoms with van der Waals surface area (Å²) in [6, 6.07) is 4.44. The molecule has 0 saturated carbocycles. The molecule has 4 rings (SSSR count). The number of hydrogen-bond donors (Lipinski definition) is 0. The van der Waals surface area contributed by atoms with Gasteiger partial charge in [-0.05, 0) is 37.3 Å². The Labute approximate surface area is 137 Å². The van der Waals surface area contributed by atoms with Crippen molar-refractivity contribution in [2.24, 2.45) is 11.3 Å². The normalized spacial score (nSPS) is 29.2. The highest BCUT2D eigenvalue weighted by atomic mass is 16.5. The molecule has 0 amide bonds. The molecule has 0 unspecified atom stereocenters. The third kappa shape index (κ3) is 2.41. The fourth-order valence-electron chi connectivity index (χ4n) is 4.43. The van der Waals surface area contributed by atoms with E-state index in [0.717, 1.165) is 50.5 Å². The summed E-state index contributed by atoms with van der Waals surface area (Å²) in [7, 11) is 1.75. The number of anilines is 1. The first-order valence-corrected chi connectivity index (χ1v) is 8.50. The van der Waals surface area contributed by atoms with Crippen molar-refractivity contribution in [1.29, 1.82) is 5.26 Å². The van der Waals surface area contributed by atoms with Crippen LogP contribution in [0.2, 0.25) is 0 Å². The van der Waals surface area contributed by atoms with Gasteiger partial charge < -0.3 is 14.4 Å². The first-order chi connectivity index (χ1) is 11.3. The smallest absolute Gasteiger partial charge is 0.146 e. The zero-order valence-corrected chi connectivity index (χ0v) is 13.7. The summed E-state index contributed by atoms with van der Waals surface area (Å²) in [5, 5.41) is 9.58. The van der Waals surface area contributed by atoms with Crippen LogP contribution in [0.15, 0.2) is 6.07 Å². The Hall–Kier alpha value is -1.64. The van der Waals surface area contributed by atoms with Crippen LogP contribution in [0.1, 0.15) is 29.7 Å². The van der Waals surface area contributed by atoms with Crippen LogP contribution in [-0.4, -0.2) is 45.0 Å². The molecule has 1 aromatic heterocycles. The van der Waals surface area contributed by atoms with Crippen LogP contribution in [0.5, 0.6) is 0 Å². The van der Waals surface area contributed by atoms with Crippen LogP contribution >= 0.6 is 0 Å². The van der Waals surface area contributed by atoms with Gasteiger partial charge in [-0.2, -0.15) is 5.26 Å². The maximum atomic E-state index is 9.58. The molecule has 1 aliphatic carbocycles. The van der Waals surface area contributed by atoms with E-state index >= 15 is 0 Å². The molecule has 2 fully saturated rings. The second kappa shape index (κ2) is 5.77. The maximum absolute atomic E-state index is 9.58. The highest BCUT2D eigenvalue weighted by Crippen LogP contribution is 2.43. The van der Waals surface area contributed by atoms with Crippen molar-refractivity contribution >= 4 is 5.82 Å². The first-order valence-electron chi connectivity index (χ1n) is 8.50. The van der Waals surface area contributed by atoms with Crippen molar-refractivity contribution < 1.29 is 9.47 Å². The molecule has 122 valence electrons. The number of rotatable bonds is 3. The van der Waals surface area contributed by atoms with Gasteiger partial charge in [0.25, 0.3) is 0 Å². The van der Waals surface area contributed by atoms with Gasteiger partial charge in [0.2, 0.25) is 0 Å². The van der Waals surface area contributed by atoms with Crippen LogP contribution in [0, 0.1) is 22.7 Å². The molecule has 0 N–H and O–H groups in total. The van der Waals surface area contributed by atoms with Crippen molar-refractivity contribution in [3.8, 4) is 6.07 Å². The Bertz CT molecular complexity index is 654. The quantitative estimate of drug-likeness (QED) is 0.853. The lowest BCUT2D eigenvalue weighted by Gasteiger charge is -2.27. The molecule has 2 saturated heterocycles. The number of fused-ring (bicyclic) bond motifs is 2. The third-order valence-electron chi connectivity index (χ3n) is 5.65. The number of nitriles is 1. The van der Waals surface area contributed by atoms with E-state index in [1.165, 1.54) is 24.1 Å². The molecule has 2 atom stereocenters. The average Bonchev–Trinajstić information content (AvgIpc) is 3.10. The summed E-state index contributed by atoms with van der Waals surface area (Å²) in [4.78, 5) is 7.20. The second-order valence-corrected chi connectivity index (χ2v) is 7.17. The molecule has 3 heterocycles. The molecule has 0 aromatic carbocycles. The van der Waals surface area contributed by atoms with Gasteiger partial charge in [0.05, 0.1) is 25.4 Å². The average molecular weight is 313 g/mol. The van der Waals surface area contributed by atoms with E-state index in [0.29, 0.717) is 12.5 Å². The molecule has 0 spiro atoms. The van der Waals surface area contributed by atoms with E-state index < -0.39 is 0 Å². The monoisotopic (exact) mass is 313 g/mol. The maximum Gasteiger partial charge on any atom is 0.146 e. The van der Waals surface area contributed by atoms with E-state index in [1.54, 1.807) is 7.11 Å². The third-order valence-corrected chi connectivity index (χ3v) is 5.65. The van der Waals surface area contributed by atoms with Gasteiger partial charge >= 0.3 is 0 Å². The summed E-state index contributed by atoms with van der Waals surface area (Å²) in [6.45, 7) is 4.01. The van der Waals surface area contributed by atoms with Crippen LogP contribution in [-0.2, 0) is 22.3 Å². The molecule has 5 nitrogen and oxygen atoms in total. The highest BCUT2D eigenvalue weighted by Gasteiger charge is 2.51. The first kappa shape index (κ1) is 14.9. The molecule has 3 aliphatic rings. The Balaban J connectivity index is 1.67. The van der Waals surface area contributed by atoms with Gasteiger partial charge in [0, 0.05) is 37.2 Å². The highest BCUT2D eigenvalue weighted by molar-refractivity contribution is 5.57. The van der Waals surface area contributed by atoms with Crippen molar-refractivity contribution in [2.75, 3.05) is 44.9 Å². The van der Waals surface area contributed by atoms with E-state index in [2.05, 4.69) is 17.0 Å². The zero-order valence-electron chi connectivity index (χ0n) is 13.7. The standard InChI is InChI=1S/C18H23N3O2/c1-22-11-18-10-21(8-15(18)9-23-12-18)17-14(7-19)6-13-4-2-3-5-16(13)20-17/h6,15H,2-5,8-12H2,1H3/t15-,18-/m0/s1. The van der Waals surface area contributed by atoms with E-state index in [-0.39, 0.29) is 5.41 Å². The molecule has 5 heteroatoms. The zero-order chi connectivity index (χ0) is 15.9. The second-order valence-electron chi connectivity index (χ2n) is 7.17. The van der Waals surface area contributed by atoms with Crippen molar-refractivity contribution in [3.63, 3.8) is 0 Å². The molecule has 23 heavy (non-hydrogen) atoms. The minimum absolute atomic E-state index is 0.0546. The van der Waals surface area contributed by atoms with Gasteiger partial charge in [-0.1, -0.05) is 0 Å². The largest absolute Gasteiger partial charge is 0.384 e. The minimum atomic E-state index is 0.0546. The van der Waals surface area contributed by atoms with Crippen LogP contribution in [0.25, 0.3) is 0 Å². The Morgan fingerprint density at radius 1 is 1.48 bits per heavy atom. The summed E-state index contributed by atoms with van der Waals surface area (Å²) in [5.74, 6) is 1.34. The SMILES string of the molecule is COC[C@@]12COC[C@@H]1CN(c1nc3c(cc1C#N)CCCC3)C2. The van der Waals surface area contributed by atoms with Crippen molar-refractivity contribution in [3.05, 3.63) is 22.9 Å². The Morgan fingerprint density at radius 2 is 2.35 bits per heavy atom. The lowest BCUT2D eigenvalue weighted by atomic mass is 9.82. The molecular formula is C18H23N3O2. The van der Waals surface area contributed by atoms with Crippen LogP contribution in [0.3, 0.4) is 0 Å². The summed E-state index contributed by atoms with van der Waals surface area (Å²) in [5.41, 5.74) is 3.24. The van der Waals surface area contributed by atoms with Gasteiger partial charge in [0.1, 0.15) is 11.9 Å². The Kier molecular flexibility index (Phi) is 3.74. The van der Waals surface area contributed by atoms with Crippen molar-refractivity contribution in [1.82, 2.24) is 4.98 Å². The van der Waals surface area contributed by atoms with Gasteiger partial charge in [-0.25, -0.2) is 4.98 Å². The summed E-state index contributed by atoms with van der Waals surface area (Å²) >= 11 is 0. The molecule has 0 bridgehead atoms. The molecule has 1 aromatic rings. The topological polar surface area (TPSA) is 58.4 Å². The van der Waals surface area contributed by atoms with Gasteiger partial charge in [-0.15, -0.1) is 0 Å². The number of aryl methyl sites for hydroxylation is 2. The van der Waals surface area contributed by atoms with Gasteiger partial charge in [-0.3, -0.25) is 0 Å². The van der Waals surface area contributed by atoms with Gasteiger partial charge in [0.15, 0.2) is 0 Å². The summed E-state index contributed by atoms with van der Waals surface area (Å²) in [6.07, 6.45) is 4.51. The number of methoxy groups -OCH3 is 1. The lowest BCUT2D eigenvalue weighted by Crippen LogP contribution is -2.35. The predicted octanol–water partition coefficient (Wildman–Crippen LogP) is 1.93. The minimum Gasteiger partial charge on any atom is -0.384 e. The molecule has 0 radical (unpaired) electrons. The van der Waals surface area contributed by atoms with E-state index in [9.17, 15) is 5.26 Å². The number of aromatic nitrogens is 1. The van der Waals surface area contributed by atoms with E-state index in [1.807, 2.05) is 0 Å². The van der Waals surface area contributed by atoms with Crippen LogP contribution in [0.4, 0.5) is 5.82 Å².